The Labute approximate surface area is 306 Å². The highest BCUT2D eigenvalue weighted by Gasteiger charge is 2.22. The summed E-state index contributed by atoms with van der Waals surface area (Å²) in [6.45, 7) is 4.16. The van der Waals surface area contributed by atoms with Gasteiger partial charge in [-0.2, -0.15) is 0 Å². The number of hydrogen-bond acceptors (Lipinski definition) is 4. The number of carbonyl (C=O) groups excluding carboxylic acids is 1. The third kappa shape index (κ3) is 35.3. The monoisotopic (exact) mass is 694 g/mol. The molecule has 0 spiro atoms. The Bertz CT molecular complexity index is 684. The number of unbranched alkanes of at least 4 members (excludes halogenated alkanes) is 32. The maximum atomic E-state index is 12.4. The summed E-state index contributed by atoms with van der Waals surface area (Å²) in [5, 5.41) is 32.9. The van der Waals surface area contributed by atoms with Gasteiger partial charge in [-0.1, -0.05) is 231 Å². The number of nitrogens with one attached hydrogen (secondary N) is 1. The molecule has 4 N–H and O–H groups in total. The standard InChI is InChI=1S/C44H87NO4/c1-3-5-7-9-11-13-14-15-16-17-18-19-20-21-22-23-24-25-26-27-28-29-31-33-35-37-39-43(48)44(49)45-41(40-46)42(47)38-36-34-32-30-12-10-8-6-4-2/h36,38,41-43,46-48H,3-35,37,39-40H2,1-2H3,(H,45,49)/b38-36+. The minimum absolute atomic E-state index is 0.360. The van der Waals surface area contributed by atoms with Gasteiger partial charge in [-0.05, 0) is 19.3 Å². The van der Waals surface area contributed by atoms with Crippen molar-refractivity contribution in [1.29, 1.82) is 0 Å². The summed E-state index contributed by atoms with van der Waals surface area (Å²) in [5.74, 6) is -0.502. The van der Waals surface area contributed by atoms with Crippen molar-refractivity contribution in [2.24, 2.45) is 0 Å². The van der Waals surface area contributed by atoms with E-state index in [2.05, 4.69) is 19.2 Å². The summed E-state index contributed by atoms with van der Waals surface area (Å²) in [6, 6.07) is -0.790. The smallest absolute Gasteiger partial charge is 0.249 e. The molecule has 0 aromatic heterocycles. The summed E-state index contributed by atoms with van der Waals surface area (Å²) < 4.78 is 0. The van der Waals surface area contributed by atoms with Crippen LogP contribution in [-0.4, -0.2) is 46.1 Å². The largest absolute Gasteiger partial charge is 0.394 e. The Morgan fingerprint density at radius 2 is 0.796 bits per heavy atom. The van der Waals surface area contributed by atoms with E-state index in [0.29, 0.717) is 6.42 Å². The van der Waals surface area contributed by atoms with Crippen molar-refractivity contribution >= 4 is 5.91 Å². The van der Waals surface area contributed by atoms with Gasteiger partial charge in [-0.3, -0.25) is 4.79 Å². The summed E-state index contributed by atoms with van der Waals surface area (Å²) in [7, 11) is 0. The van der Waals surface area contributed by atoms with Crippen molar-refractivity contribution in [3.8, 4) is 0 Å². The zero-order valence-corrected chi connectivity index (χ0v) is 33.1. The van der Waals surface area contributed by atoms with Crippen LogP contribution in [0.5, 0.6) is 0 Å². The fraction of sp³-hybridized carbons (Fsp3) is 0.932. The Kier molecular flexibility index (Phi) is 39.1. The van der Waals surface area contributed by atoms with Crippen LogP contribution in [0, 0.1) is 0 Å². The minimum Gasteiger partial charge on any atom is -0.394 e. The molecule has 1 amide bonds. The lowest BCUT2D eigenvalue weighted by Gasteiger charge is -2.21. The number of amides is 1. The van der Waals surface area contributed by atoms with E-state index in [4.69, 9.17) is 0 Å². The molecule has 0 aromatic rings. The Balaban J connectivity index is 3.51. The topological polar surface area (TPSA) is 89.8 Å². The Morgan fingerprint density at radius 3 is 1.12 bits per heavy atom. The molecule has 3 unspecified atom stereocenters. The average Bonchev–Trinajstić information content (AvgIpc) is 3.11. The van der Waals surface area contributed by atoms with Gasteiger partial charge in [0.15, 0.2) is 0 Å². The molecule has 0 fully saturated rings. The normalized spacial score (nSPS) is 13.7. The number of aliphatic hydroxyl groups excluding tert-OH is 3. The second-order valence-corrected chi connectivity index (χ2v) is 15.3. The van der Waals surface area contributed by atoms with E-state index < -0.39 is 24.2 Å². The molecular weight excluding hydrogens is 606 g/mol. The van der Waals surface area contributed by atoms with E-state index in [9.17, 15) is 20.1 Å². The number of aliphatic hydroxyl groups is 3. The zero-order valence-electron chi connectivity index (χ0n) is 33.1. The quantitative estimate of drug-likeness (QED) is 0.0380. The van der Waals surface area contributed by atoms with Crippen LogP contribution in [0.15, 0.2) is 12.2 Å². The fourth-order valence-electron chi connectivity index (χ4n) is 6.89. The molecule has 5 heteroatoms. The first-order chi connectivity index (χ1) is 24.1. The molecular formula is C44H87NO4. The second kappa shape index (κ2) is 39.9. The molecule has 0 saturated heterocycles. The van der Waals surface area contributed by atoms with E-state index in [1.54, 1.807) is 6.08 Å². The van der Waals surface area contributed by atoms with Gasteiger partial charge >= 0.3 is 0 Å². The fourth-order valence-corrected chi connectivity index (χ4v) is 6.89. The van der Waals surface area contributed by atoms with Crippen LogP contribution in [0.3, 0.4) is 0 Å². The van der Waals surface area contributed by atoms with Crippen molar-refractivity contribution in [1.82, 2.24) is 5.32 Å². The summed E-state index contributed by atoms with van der Waals surface area (Å²) in [4.78, 5) is 12.4. The van der Waals surface area contributed by atoms with E-state index in [-0.39, 0.29) is 6.61 Å². The molecule has 0 rings (SSSR count). The molecule has 0 aliphatic rings. The van der Waals surface area contributed by atoms with Crippen LogP contribution in [0.1, 0.15) is 239 Å². The summed E-state index contributed by atoms with van der Waals surface area (Å²) >= 11 is 0. The summed E-state index contributed by atoms with van der Waals surface area (Å²) in [6.07, 6.45) is 46.9. The van der Waals surface area contributed by atoms with Crippen molar-refractivity contribution in [3.63, 3.8) is 0 Å². The van der Waals surface area contributed by atoms with E-state index in [1.807, 2.05) is 6.08 Å². The molecule has 0 aliphatic carbocycles. The van der Waals surface area contributed by atoms with Crippen LogP contribution in [0.2, 0.25) is 0 Å². The molecule has 0 saturated carbocycles. The zero-order chi connectivity index (χ0) is 35.9. The number of hydrogen-bond donors (Lipinski definition) is 4. The van der Waals surface area contributed by atoms with Gasteiger partial charge in [0, 0.05) is 0 Å². The molecule has 49 heavy (non-hydrogen) atoms. The number of rotatable bonds is 40. The van der Waals surface area contributed by atoms with Gasteiger partial charge < -0.3 is 20.6 Å². The predicted octanol–water partition coefficient (Wildman–Crippen LogP) is 12.4. The first-order valence-corrected chi connectivity index (χ1v) is 22.0. The van der Waals surface area contributed by atoms with E-state index in [0.717, 1.165) is 32.1 Å². The van der Waals surface area contributed by atoms with Gasteiger partial charge in [0.1, 0.15) is 6.10 Å². The lowest BCUT2D eigenvalue weighted by atomic mass is 10.0. The van der Waals surface area contributed by atoms with E-state index >= 15 is 0 Å². The molecule has 5 nitrogen and oxygen atoms in total. The van der Waals surface area contributed by atoms with Crippen LogP contribution in [0.4, 0.5) is 0 Å². The van der Waals surface area contributed by atoms with Crippen molar-refractivity contribution < 1.29 is 20.1 Å². The number of allylic oxidation sites excluding steroid dienone is 1. The molecule has 0 aromatic carbocycles. The first kappa shape index (κ1) is 48.1. The summed E-state index contributed by atoms with van der Waals surface area (Å²) in [5.41, 5.74) is 0. The number of carbonyl (C=O) groups is 1. The molecule has 3 atom stereocenters. The third-order valence-corrected chi connectivity index (χ3v) is 10.4. The van der Waals surface area contributed by atoms with Crippen LogP contribution in [-0.2, 0) is 4.79 Å². The maximum Gasteiger partial charge on any atom is 0.249 e. The van der Waals surface area contributed by atoms with Crippen LogP contribution in [0.25, 0.3) is 0 Å². The van der Waals surface area contributed by atoms with Crippen molar-refractivity contribution in [2.45, 2.75) is 257 Å². The lowest BCUT2D eigenvalue weighted by molar-refractivity contribution is -0.131. The molecule has 0 bridgehead atoms. The maximum absolute atomic E-state index is 12.4. The highest BCUT2D eigenvalue weighted by molar-refractivity contribution is 5.80. The highest BCUT2D eigenvalue weighted by Crippen LogP contribution is 2.17. The SMILES string of the molecule is CCCCCCCCC/C=C/C(O)C(CO)NC(=O)C(O)CCCCCCCCCCCCCCCCCCCCCCCCCCCC. The molecule has 0 heterocycles. The highest BCUT2D eigenvalue weighted by atomic mass is 16.3. The van der Waals surface area contributed by atoms with E-state index in [1.165, 1.54) is 186 Å². The Hall–Kier alpha value is -0.910. The minimum atomic E-state index is -1.09. The second-order valence-electron chi connectivity index (χ2n) is 15.3. The van der Waals surface area contributed by atoms with Gasteiger partial charge in [-0.15, -0.1) is 0 Å². The van der Waals surface area contributed by atoms with Crippen molar-refractivity contribution in [2.75, 3.05) is 6.61 Å². The molecule has 0 radical (unpaired) electrons. The predicted molar refractivity (Wildman–Crippen MR) is 213 cm³/mol. The molecule has 292 valence electrons. The van der Waals surface area contributed by atoms with Gasteiger partial charge in [0.05, 0.1) is 18.8 Å². The van der Waals surface area contributed by atoms with Crippen LogP contribution < -0.4 is 5.32 Å². The first-order valence-electron chi connectivity index (χ1n) is 22.0. The van der Waals surface area contributed by atoms with Crippen molar-refractivity contribution in [3.05, 3.63) is 12.2 Å². The third-order valence-electron chi connectivity index (χ3n) is 10.4. The Morgan fingerprint density at radius 1 is 0.490 bits per heavy atom. The van der Waals surface area contributed by atoms with Gasteiger partial charge in [0.25, 0.3) is 0 Å². The van der Waals surface area contributed by atoms with Gasteiger partial charge in [-0.25, -0.2) is 0 Å². The van der Waals surface area contributed by atoms with Crippen LogP contribution >= 0.6 is 0 Å². The lowest BCUT2D eigenvalue weighted by Crippen LogP contribution is -2.48. The molecule has 0 aliphatic heterocycles. The van der Waals surface area contributed by atoms with Gasteiger partial charge in [0.2, 0.25) is 5.91 Å². The average molecular weight is 694 g/mol.